The zero-order chi connectivity index (χ0) is 24.2. The molecule has 0 atom stereocenters. The number of aromatic nitrogens is 2. The van der Waals surface area contributed by atoms with Gasteiger partial charge in [0.05, 0.1) is 11.0 Å². The van der Waals surface area contributed by atoms with Crippen LogP contribution >= 0.6 is 0 Å². The molecule has 0 fully saturated rings. The number of pyridine rings is 2. The van der Waals surface area contributed by atoms with Crippen molar-refractivity contribution in [3.05, 3.63) is 134 Å². The fraction of sp³-hybridized carbons (Fsp3) is 0. The number of para-hydroxylation sites is 2. The molecule has 0 N–H and O–H groups in total. The molecule has 0 amide bonds. The molecule has 0 radical (unpaired) electrons. The quantitative estimate of drug-likeness (QED) is 0.247. The Morgan fingerprint density at radius 2 is 0.722 bits per heavy atom. The molecule has 0 aliphatic carbocycles. The first kappa shape index (κ1) is 21.6. The highest BCUT2D eigenvalue weighted by molar-refractivity contribution is 5.99. The average Bonchev–Trinajstić information content (AvgIpc) is 2.94. The molecular weight excluding hydrogens is 444 g/mol. The first-order valence-corrected chi connectivity index (χ1v) is 11.7. The summed E-state index contributed by atoms with van der Waals surface area (Å²) in [4.78, 5) is 9.38. The third-order valence-electron chi connectivity index (χ3n) is 5.91. The van der Waals surface area contributed by atoms with Crippen LogP contribution in [-0.2, 0) is 0 Å². The second-order valence-corrected chi connectivity index (χ2v) is 8.29. The van der Waals surface area contributed by atoms with Crippen LogP contribution in [0.1, 0.15) is 0 Å². The zero-order valence-corrected chi connectivity index (χ0v) is 19.4. The van der Waals surface area contributed by atoms with Crippen LogP contribution in [0.2, 0.25) is 0 Å². The van der Waals surface area contributed by atoms with Gasteiger partial charge < -0.3 is 9.47 Å². The first-order chi connectivity index (χ1) is 17.8. The van der Waals surface area contributed by atoms with Gasteiger partial charge in [0.15, 0.2) is 0 Å². The molecular formula is C32H22N2O2. The van der Waals surface area contributed by atoms with Gasteiger partial charge in [0.2, 0.25) is 0 Å². The van der Waals surface area contributed by atoms with Crippen LogP contribution in [-0.4, -0.2) is 9.97 Å². The minimum absolute atomic E-state index is 0.787. The summed E-state index contributed by atoms with van der Waals surface area (Å²) in [7, 11) is 0. The molecule has 0 spiro atoms. The van der Waals surface area contributed by atoms with Crippen LogP contribution in [0.25, 0.3) is 33.3 Å². The van der Waals surface area contributed by atoms with Crippen LogP contribution in [0.5, 0.6) is 23.0 Å². The number of hydrogen-bond donors (Lipinski definition) is 0. The Kier molecular flexibility index (Phi) is 5.83. The van der Waals surface area contributed by atoms with Gasteiger partial charge in [-0.15, -0.1) is 0 Å². The maximum Gasteiger partial charge on any atom is 0.127 e. The lowest BCUT2D eigenvalue weighted by Crippen LogP contribution is -1.91. The minimum atomic E-state index is 0.787. The molecule has 2 heterocycles. The largest absolute Gasteiger partial charge is 0.457 e. The molecule has 4 nitrogen and oxygen atoms in total. The monoisotopic (exact) mass is 466 g/mol. The Labute approximate surface area is 209 Å². The fourth-order valence-corrected chi connectivity index (χ4v) is 4.17. The Bertz CT molecular complexity index is 1470. The van der Waals surface area contributed by atoms with E-state index in [2.05, 4.69) is 34.2 Å². The van der Waals surface area contributed by atoms with Crippen LogP contribution in [0.4, 0.5) is 0 Å². The normalized spacial score (nSPS) is 10.8. The molecule has 0 aliphatic heterocycles. The summed E-state index contributed by atoms with van der Waals surface area (Å²) >= 11 is 0. The zero-order valence-electron chi connectivity index (χ0n) is 19.4. The van der Waals surface area contributed by atoms with Gasteiger partial charge in [0, 0.05) is 23.5 Å². The van der Waals surface area contributed by atoms with Crippen molar-refractivity contribution in [2.24, 2.45) is 0 Å². The number of benzene rings is 4. The minimum Gasteiger partial charge on any atom is -0.457 e. The van der Waals surface area contributed by atoms with Gasteiger partial charge >= 0.3 is 0 Å². The van der Waals surface area contributed by atoms with Crippen molar-refractivity contribution in [2.45, 2.75) is 0 Å². The van der Waals surface area contributed by atoms with E-state index in [1.54, 1.807) is 0 Å². The summed E-state index contributed by atoms with van der Waals surface area (Å²) in [5.74, 6) is 3.20. The Balaban J connectivity index is 1.30. The summed E-state index contributed by atoms with van der Waals surface area (Å²) in [5, 5.41) is 0. The molecule has 6 aromatic rings. The Hall–Kier alpha value is -4.96. The first-order valence-electron chi connectivity index (χ1n) is 11.7. The van der Waals surface area contributed by atoms with Crippen molar-refractivity contribution in [3.63, 3.8) is 0 Å². The topological polar surface area (TPSA) is 44.2 Å². The van der Waals surface area contributed by atoms with E-state index < -0.39 is 0 Å². The van der Waals surface area contributed by atoms with Gasteiger partial charge in [-0.05, 0) is 71.8 Å². The summed E-state index contributed by atoms with van der Waals surface area (Å²) in [6, 6.07) is 39.7. The van der Waals surface area contributed by atoms with Gasteiger partial charge in [0.1, 0.15) is 23.0 Å². The highest BCUT2D eigenvalue weighted by Gasteiger charge is 2.12. The van der Waals surface area contributed by atoms with Gasteiger partial charge in [-0.2, -0.15) is 0 Å². The molecule has 2 aromatic heterocycles. The molecule has 0 saturated carbocycles. The number of rotatable bonds is 6. The van der Waals surface area contributed by atoms with E-state index in [0.717, 1.165) is 56.3 Å². The van der Waals surface area contributed by atoms with E-state index in [9.17, 15) is 0 Å². The molecule has 0 saturated heterocycles. The Morgan fingerprint density at radius 3 is 1.11 bits per heavy atom. The molecule has 36 heavy (non-hydrogen) atoms. The predicted octanol–water partition coefficient (Wildman–Crippen LogP) is 8.55. The highest BCUT2D eigenvalue weighted by atomic mass is 16.5. The van der Waals surface area contributed by atoms with Crippen molar-refractivity contribution in [3.8, 4) is 45.3 Å². The van der Waals surface area contributed by atoms with E-state index in [0.29, 0.717) is 0 Å². The van der Waals surface area contributed by atoms with E-state index >= 15 is 0 Å². The fourth-order valence-electron chi connectivity index (χ4n) is 4.17. The van der Waals surface area contributed by atoms with E-state index in [4.69, 9.17) is 9.47 Å². The van der Waals surface area contributed by atoms with E-state index in [1.807, 2.05) is 109 Å². The van der Waals surface area contributed by atoms with E-state index in [1.165, 1.54) is 0 Å². The third-order valence-corrected chi connectivity index (χ3v) is 5.91. The summed E-state index contributed by atoms with van der Waals surface area (Å²) in [6.07, 6.45) is 3.67. The molecule has 4 aromatic carbocycles. The van der Waals surface area contributed by atoms with Crippen LogP contribution in [0.3, 0.4) is 0 Å². The second-order valence-electron chi connectivity index (χ2n) is 8.29. The maximum absolute atomic E-state index is 5.94. The van der Waals surface area contributed by atoms with Crippen molar-refractivity contribution in [2.75, 3.05) is 0 Å². The number of ether oxygens (including phenoxy) is 2. The van der Waals surface area contributed by atoms with Crippen LogP contribution < -0.4 is 9.47 Å². The summed E-state index contributed by atoms with van der Waals surface area (Å²) in [5.41, 5.74) is 5.88. The SMILES string of the molecule is c1ccc(Oc2ccc(-c3ccnc4c(-c5ccc(Oc6ccccc6)cc5)ccnc34)cc2)cc1. The lowest BCUT2D eigenvalue weighted by Gasteiger charge is -2.11. The number of fused-ring (bicyclic) bond motifs is 1. The number of nitrogens with zero attached hydrogens (tertiary/aromatic N) is 2. The van der Waals surface area contributed by atoms with Crippen molar-refractivity contribution in [1.29, 1.82) is 0 Å². The van der Waals surface area contributed by atoms with E-state index in [-0.39, 0.29) is 0 Å². The molecule has 0 unspecified atom stereocenters. The van der Waals surface area contributed by atoms with Crippen LogP contribution in [0.15, 0.2) is 134 Å². The summed E-state index contributed by atoms with van der Waals surface area (Å²) < 4.78 is 11.9. The van der Waals surface area contributed by atoms with Crippen molar-refractivity contribution in [1.82, 2.24) is 9.97 Å². The highest BCUT2D eigenvalue weighted by Crippen LogP contribution is 2.34. The standard InChI is InChI=1S/C32H22N2O2/c1-3-7-25(8-4-1)35-27-15-11-23(12-16-27)29-19-21-34-32-30(20-22-33-31(29)32)24-13-17-28(18-14-24)36-26-9-5-2-6-10-26/h1-22H. The molecule has 4 heteroatoms. The molecule has 6 rings (SSSR count). The molecule has 0 aliphatic rings. The Morgan fingerprint density at radius 1 is 0.361 bits per heavy atom. The van der Waals surface area contributed by atoms with Gasteiger partial charge in [-0.1, -0.05) is 60.7 Å². The van der Waals surface area contributed by atoms with Gasteiger partial charge in [-0.3, -0.25) is 9.97 Å². The van der Waals surface area contributed by atoms with Gasteiger partial charge in [-0.25, -0.2) is 0 Å². The molecule has 172 valence electrons. The van der Waals surface area contributed by atoms with Crippen LogP contribution in [0, 0.1) is 0 Å². The summed E-state index contributed by atoms with van der Waals surface area (Å²) in [6.45, 7) is 0. The number of hydrogen-bond acceptors (Lipinski definition) is 4. The predicted molar refractivity (Wildman–Crippen MR) is 143 cm³/mol. The maximum atomic E-state index is 5.94. The lowest BCUT2D eigenvalue weighted by atomic mass is 10.00. The lowest BCUT2D eigenvalue weighted by molar-refractivity contribution is 0.482. The van der Waals surface area contributed by atoms with Crippen molar-refractivity contribution < 1.29 is 9.47 Å². The van der Waals surface area contributed by atoms with Gasteiger partial charge in [0.25, 0.3) is 0 Å². The smallest absolute Gasteiger partial charge is 0.127 e. The third kappa shape index (κ3) is 4.52. The second kappa shape index (κ2) is 9.72. The average molecular weight is 467 g/mol. The molecule has 0 bridgehead atoms. The van der Waals surface area contributed by atoms with Crippen molar-refractivity contribution >= 4 is 11.0 Å².